The SMILES string of the molecule is CN1CCN(c2cnn(C3CN(Cc4cnoc4C4CC4)C3)c2)C1=O. The monoisotopic (exact) mass is 342 g/mol. The lowest BCUT2D eigenvalue weighted by atomic mass is 10.1. The molecule has 5 rings (SSSR count). The Morgan fingerprint density at radius 3 is 2.80 bits per heavy atom. The molecule has 25 heavy (non-hydrogen) atoms. The standard InChI is InChI=1S/C17H22N6O2/c1-20-4-5-22(17(20)24)14-7-18-23(11-14)15-9-21(10-15)8-13-6-19-25-16(13)12-2-3-12/h6-7,11-12,15H,2-5,8-10H2,1H3. The molecule has 0 radical (unpaired) electrons. The molecule has 4 heterocycles. The maximum atomic E-state index is 12.1. The lowest BCUT2D eigenvalue weighted by Gasteiger charge is -2.39. The number of likely N-dealkylation sites (N-methyl/N-ethyl adjacent to an activating group) is 1. The average molecular weight is 342 g/mol. The Bertz CT molecular complexity index is 789. The molecule has 0 atom stereocenters. The minimum Gasteiger partial charge on any atom is -0.361 e. The van der Waals surface area contributed by atoms with Gasteiger partial charge in [-0.25, -0.2) is 4.79 Å². The number of urea groups is 1. The minimum atomic E-state index is 0.0508. The quantitative estimate of drug-likeness (QED) is 0.827. The summed E-state index contributed by atoms with van der Waals surface area (Å²) in [5, 5.41) is 8.45. The third-order valence-corrected chi connectivity index (χ3v) is 5.45. The van der Waals surface area contributed by atoms with Gasteiger partial charge in [0.25, 0.3) is 0 Å². The molecule has 132 valence electrons. The Balaban J connectivity index is 1.20. The molecule has 1 saturated carbocycles. The van der Waals surface area contributed by atoms with E-state index in [1.165, 1.54) is 18.4 Å². The average Bonchev–Trinajstić information content (AvgIpc) is 2.97. The van der Waals surface area contributed by atoms with Gasteiger partial charge in [-0.15, -0.1) is 0 Å². The highest BCUT2D eigenvalue weighted by molar-refractivity contribution is 5.93. The molecule has 3 fully saturated rings. The van der Waals surface area contributed by atoms with Gasteiger partial charge in [0.2, 0.25) is 0 Å². The number of hydrogen-bond donors (Lipinski definition) is 0. The number of carbonyl (C=O) groups is 1. The highest BCUT2D eigenvalue weighted by Gasteiger charge is 2.34. The second-order valence-electron chi connectivity index (χ2n) is 7.37. The first-order valence-electron chi connectivity index (χ1n) is 8.91. The fourth-order valence-corrected chi connectivity index (χ4v) is 3.70. The third kappa shape index (κ3) is 2.60. The predicted octanol–water partition coefficient (Wildman–Crippen LogP) is 1.68. The molecule has 3 aliphatic rings. The molecule has 8 heteroatoms. The highest BCUT2D eigenvalue weighted by atomic mass is 16.5. The van der Waals surface area contributed by atoms with Crippen molar-refractivity contribution in [3.05, 3.63) is 29.9 Å². The molecule has 2 aromatic heterocycles. The Hall–Kier alpha value is -2.35. The molecule has 0 N–H and O–H groups in total. The molecule has 2 aromatic rings. The molecule has 0 spiro atoms. The van der Waals surface area contributed by atoms with Crippen LogP contribution in [0.5, 0.6) is 0 Å². The molecule has 1 aliphatic carbocycles. The normalized spacial score (nSPS) is 22.0. The zero-order chi connectivity index (χ0) is 17.0. The number of nitrogens with zero attached hydrogens (tertiary/aromatic N) is 6. The number of likely N-dealkylation sites (tertiary alicyclic amines) is 1. The van der Waals surface area contributed by atoms with Crippen LogP contribution in [0.15, 0.2) is 23.1 Å². The van der Waals surface area contributed by atoms with Gasteiger partial charge in [0.05, 0.1) is 24.1 Å². The summed E-state index contributed by atoms with van der Waals surface area (Å²) in [7, 11) is 1.83. The third-order valence-electron chi connectivity index (χ3n) is 5.45. The van der Waals surface area contributed by atoms with E-state index in [4.69, 9.17) is 4.52 Å². The van der Waals surface area contributed by atoms with Gasteiger partial charge in [0.15, 0.2) is 0 Å². The molecule has 0 bridgehead atoms. The van der Waals surface area contributed by atoms with Crippen LogP contribution in [0.4, 0.5) is 10.5 Å². The van der Waals surface area contributed by atoms with Crippen LogP contribution in [-0.2, 0) is 6.54 Å². The molecule has 2 amide bonds. The van der Waals surface area contributed by atoms with Crippen LogP contribution in [0.2, 0.25) is 0 Å². The number of amides is 2. The number of anilines is 1. The van der Waals surface area contributed by atoms with Crippen molar-refractivity contribution >= 4 is 11.7 Å². The smallest absolute Gasteiger partial charge is 0.324 e. The Kier molecular flexibility index (Phi) is 3.34. The summed E-state index contributed by atoms with van der Waals surface area (Å²) in [5.74, 6) is 1.68. The van der Waals surface area contributed by atoms with Gasteiger partial charge in [-0.05, 0) is 12.8 Å². The van der Waals surface area contributed by atoms with E-state index in [2.05, 4.69) is 15.2 Å². The van der Waals surface area contributed by atoms with Crippen LogP contribution >= 0.6 is 0 Å². The lowest BCUT2D eigenvalue weighted by molar-refractivity contribution is 0.0903. The van der Waals surface area contributed by atoms with Crippen molar-refractivity contribution in [3.63, 3.8) is 0 Å². The summed E-state index contributed by atoms with van der Waals surface area (Å²) in [6.07, 6.45) is 8.11. The maximum Gasteiger partial charge on any atom is 0.324 e. The first kappa shape index (κ1) is 14.9. The summed E-state index contributed by atoms with van der Waals surface area (Å²) in [6.45, 7) is 4.32. The van der Waals surface area contributed by atoms with Gasteiger partial charge in [-0.1, -0.05) is 5.16 Å². The maximum absolute atomic E-state index is 12.1. The van der Waals surface area contributed by atoms with Gasteiger partial charge in [-0.3, -0.25) is 14.5 Å². The number of aromatic nitrogens is 3. The van der Waals surface area contributed by atoms with Gasteiger partial charge >= 0.3 is 6.03 Å². The zero-order valence-electron chi connectivity index (χ0n) is 14.3. The molecular weight excluding hydrogens is 320 g/mol. The Morgan fingerprint density at radius 1 is 1.24 bits per heavy atom. The van der Waals surface area contributed by atoms with E-state index in [0.717, 1.165) is 44.2 Å². The van der Waals surface area contributed by atoms with Gasteiger partial charge in [0.1, 0.15) is 5.76 Å². The van der Waals surface area contributed by atoms with Crippen molar-refractivity contribution in [3.8, 4) is 0 Å². The van der Waals surface area contributed by atoms with Gasteiger partial charge < -0.3 is 9.42 Å². The van der Waals surface area contributed by atoms with E-state index in [1.807, 2.05) is 24.1 Å². The predicted molar refractivity (Wildman–Crippen MR) is 90.4 cm³/mol. The van der Waals surface area contributed by atoms with Crippen molar-refractivity contribution in [1.29, 1.82) is 0 Å². The van der Waals surface area contributed by atoms with Crippen LogP contribution < -0.4 is 4.90 Å². The topological polar surface area (TPSA) is 70.6 Å². The van der Waals surface area contributed by atoms with Gasteiger partial charge in [0, 0.05) is 57.4 Å². The fraction of sp³-hybridized carbons (Fsp3) is 0.588. The molecule has 0 unspecified atom stereocenters. The summed E-state index contributed by atoms with van der Waals surface area (Å²) < 4.78 is 7.41. The molecular formula is C17H22N6O2. The molecule has 8 nitrogen and oxygen atoms in total. The van der Waals surface area contributed by atoms with E-state index in [9.17, 15) is 4.79 Å². The van der Waals surface area contributed by atoms with Crippen LogP contribution in [0.3, 0.4) is 0 Å². The summed E-state index contributed by atoms with van der Waals surface area (Å²) in [4.78, 5) is 18.0. The fourth-order valence-electron chi connectivity index (χ4n) is 3.70. The van der Waals surface area contributed by atoms with E-state index < -0.39 is 0 Å². The van der Waals surface area contributed by atoms with Crippen molar-refractivity contribution < 1.29 is 9.32 Å². The Morgan fingerprint density at radius 2 is 2.08 bits per heavy atom. The lowest BCUT2D eigenvalue weighted by Crippen LogP contribution is -2.47. The molecule has 2 aliphatic heterocycles. The Labute approximate surface area is 145 Å². The number of rotatable bonds is 5. The van der Waals surface area contributed by atoms with Crippen LogP contribution in [0.1, 0.15) is 36.1 Å². The first-order chi connectivity index (χ1) is 12.2. The minimum absolute atomic E-state index is 0.0508. The van der Waals surface area contributed by atoms with Crippen molar-refractivity contribution in [2.24, 2.45) is 0 Å². The largest absolute Gasteiger partial charge is 0.361 e. The van der Waals surface area contributed by atoms with Crippen molar-refractivity contribution in [1.82, 2.24) is 24.7 Å². The number of hydrogen-bond acceptors (Lipinski definition) is 5. The van der Waals surface area contributed by atoms with Crippen LogP contribution in [0, 0.1) is 0 Å². The second-order valence-corrected chi connectivity index (χ2v) is 7.37. The summed E-state index contributed by atoms with van der Waals surface area (Å²) >= 11 is 0. The highest BCUT2D eigenvalue weighted by Crippen LogP contribution is 2.42. The van der Waals surface area contributed by atoms with Crippen LogP contribution in [0.25, 0.3) is 0 Å². The first-order valence-corrected chi connectivity index (χ1v) is 8.91. The second kappa shape index (κ2) is 5.59. The van der Waals surface area contributed by atoms with E-state index in [1.54, 1.807) is 16.0 Å². The van der Waals surface area contributed by atoms with E-state index >= 15 is 0 Å². The molecule has 0 aromatic carbocycles. The van der Waals surface area contributed by atoms with Crippen molar-refractivity contribution in [2.45, 2.75) is 31.3 Å². The van der Waals surface area contributed by atoms with E-state index in [0.29, 0.717) is 12.0 Å². The summed E-state index contributed by atoms with van der Waals surface area (Å²) in [5.41, 5.74) is 2.12. The van der Waals surface area contributed by atoms with Crippen molar-refractivity contribution in [2.75, 3.05) is 38.1 Å². The molecule has 2 saturated heterocycles. The van der Waals surface area contributed by atoms with E-state index in [-0.39, 0.29) is 6.03 Å². The summed E-state index contributed by atoms with van der Waals surface area (Å²) in [6, 6.07) is 0.420. The van der Waals surface area contributed by atoms with Gasteiger partial charge in [-0.2, -0.15) is 5.10 Å². The van der Waals surface area contributed by atoms with Crippen LogP contribution in [-0.4, -0.2) is 64.0 Å². The zero-order valence-corrected chi connectivity index (χ0v) is 14.3. The number of carbonyl (C=O) groups excluding carboxylic acids is 1.